The fourth-order valence-electron chi connectivity index (χ4n) is 3.67. The first-order valence-corrected chi connectivity index (χ1v) is 9.88. The molecule has 4 rings (SSSR count). The first-order valence-electron chi connectivity index (χ1n) is 9.88. The smallest absolute Gasteiger partial charge is 0.378 e. The number of alkyl halides is 3. The number of amides is 2. The van der Waals surface area contributed by atoms with Gasteiger partial charge in [-0.3, -0.25) is 9.59 Å². The van der Waals surface area contributed by atoms with Crippen LogP contribution in [0.15, 0.2) is 42.6 Å². The lowest BCUT2D eigenvalue weighted by Gasteiger charge is -2.27. The summed E-state index contributed by atoms with van der Waals surface area (Å²) in [5.41, 5.74) is -0.212. The number of carbonyl (C=O) groups excluding carboxylic acids is 2. The molecular weight excluding hydrogens is 413 g/mol. The van der Waals surface area contributed by atoms with Gasteiger partial charge >= 0.3 is 6.18 Å². The first-order chi connectivity index (χ1) is 14.8. The van der Waals surface area contributed by atoms with Crippen LogP contribution in [-0.4, -0.2) is 49.6 Å². The molecule has 0 saturated carbocycles. The summed E-state index contributed by atoms with van der Waals surface area (Å²) in [4.78, 5) is 32.7. The third-order valence-electron chi connectivity index (χ3n) is 5.33. The van der Waals surface area contributed by atoms with E-state index in [0.717, 1.165) is 31.0 Å². The molecule has 2 aliphatic rings. The van der Waals surface area contributed by atoms with Gasteiger partial charge in [-0.05, 0) is 30.3 Å². The van der Waals surface area contributed by atoms with E-state index in [1.165, 1.54) is 17.0 Å². The minimum Gasteiger partial charge on any atom is -0.378 e. The van der Waals surface area contributed by atoms with E-state index < -0.39 is 17.7 Å². The van der Waals surface area contributed by atoms with E-state index in [4.69, 9.17) is 4.74 Å². The molecule has 31 heavy (non-hydrogen) atoms. The Hall–Kier alpha value is -3.14. The maximum atomic E-state index is 13.0. The Balaban J connectivity index is 1.39. The standard InChI is InChI=1S/C21H21F3N4O3/c22-21(23,24)15-2-1-3-17(11-15)28-13-14(10-19(28)29)20(30)26-16-4-5-18(25-12-16)27-6-8-31-9-7-27/h1-5,11-12,14H,6-10,13H2,(H,26,30). The van der Waals surface area contributed by atoms with Gasteiger partial charge in [0.1, 0.15) is 5.82 Å². The van der Waals surface area contributed by atoms with Crippen LogP contribution in [0.4, 0.5) is 30.4 Å². The molecular formula is C21H21F3N4O3. The third-order valence-corrected chi connectivity index (χ3v) is 5.33. The van der Waals surface area contributed by atoms with Gasteiger partial charge in [-0.1, -0.05) is 6.07 Å². The third kappa shape index (κ3) is 4.79. The summed E-state index contributed by atoms with van der Waals surface area (Å²) in [6, 6.07) is 8.09. The molecule has 164 valence electrons. The van der Waals surface area contributed by atoms with Crippen LogP contribution in [0.2, 0.25) is 0 Å². The lowest BCUT2D eigenvalue weighted by molar-refractivity contribution is -0.137. The van der Waals surface area contributed by atoms with Gasteiger partial charge in [-0.15, -0.1) is 0 Å². The summed E-state index contributed by atoms with van der Waals surface area (Å²) in [6.45, 7) is 2.78. The molecule has 2 aromatic rings. The Kier molecular flexibility index (Phi) is 5.81. The second-order valence-electron chi connectivity index (χ2n) is 7.45. The lowest BCUT2D eigenvalue weighted by atomic mass is 10.1. The molecule has 0 aliphatic carbocycles. The van der Waals surface area contributed by atoms with E-state index in [9.17, 15) is 22.8 Å². The van der Waals surface area contributed by atoms with Crippen LogP contribution in [0.3, 0.4) is 0 Å². The highest BCUT2D eigenvalue weighted by Crippen LogP contribution is 2.33. The van der Waals surface area contributed by atoms with Crippen LogP contribution in [-0.2, 0) is 20.5 Å². The maximum Gasteiger partial charge on any atom is 0.416 e. The number of pyridine rings is 1. The Morgan fingerprint density at radius 1 is 1.16 bits per heavy atom. The summed E-state index contributed by atoms with van der Waals surface area (Å²) in [5, 5.41) is 2.74. The Bertz CT molecular complexity index is 959. The van der Waals surface area contributed by atoms with Gasteiger partial charge < -0.3 is 19.9 Å². The molecule has 2 aliphatic heterocycles. The summed E-state index contributed by atoms with van der Waals surface area (Å²) >= 11 is 0. The van der Waals surface area contributed by atoms with Gasteiger partial charge in [0.2, 0.25) is 11.8 Å². The van der Waals surface area contributed by atoms with Gasteiger partial charge in [0, 0.05) is 31.7 Å². The van der Waals surface area contributed by atoms with Crippen molar-refractivity contribution < 1.29 is 27.5 Å². The van der Waals surface area contributed by atoms with Crippen molar-refractivity contribution in [3.8, 4) is 0 Å². The topological polar surface area (TPSA) is 74.8 Å². The predicted octanol–water partition coefficient (Wildman–Crippen LogP) is 2.93. The number of aromatic nitrogens is 1. The van der Waals surface area contributed by atoms with Crippen LogP contribution in [0, 0.1) is 5.92 Å². The van der Waals surface area contributed by atoms with Crippen molar-refractivity contribution in [2.75, 3.05) is 48.0 Å². The lowest BCUT2D eigenvalue weighted by Crippen LogP contribution is -2.36. The molecule has 2 saturated heterocycles. The quantitative estimate of drug-likeness (QED) is 0.801. The van der Waals surface area contributed by atoms with Crippen molar-refractivity contribution in [2.24, 2.45) is 5.92 Å². The van der Waals surface area contributed by atoms with Crippen molar-refractivity contribution in [3.63, 3.8) is 0 Å². The van der Waals surface area contributed by atoms with Crippen molar-refractivity contribution in [2.45, 2.75) is 12.6 Å². The normalized spacial score (nSPS) is 19.6. The number of anilines is 3. The average Bonchev–Trinajstić information content (AvgIpc) is 3.16. The van der Waals surface area contributed by atoms with Crippen LogP contribution < -0.4 is 15.1 Å². The highest BCUT2D eigenvalue weighted by atomic mass is 19.4. The van der Waals surface area contributed by atoms with E-state index in [1.807, 2.05) is 0 Å². The molecule has 1 aromatic carbocycles. The summed E-state index contributed by atoms with van der Waals surface area (Å²) in [5.74, 6) is -0.641. The zero-order valence-corrected chi connectivity index (χ0v) is 16.6. The van der Waals surface area contributed by atoms with Crippen LogP contribution in [0.5, 0.6) is 0 Å². The summed E-state index contributed by atoms with van der Waals surface area (Å²) < 4.78 is 44.2. The van der Waals surface area contributed by atoms with Crippen molar-refractivity contribution >= 4 is 29.0 Å². The number of ether oxygens (including phenoxy) is 1. The van der Waals surface area contributed by atoms with E-state index in [1.54, 1.807) is 18.3 Å². The van der Waals surface area contributed by atoms with Gasteiger partial charge in [-0.25, -0.2) is 4.98 Å². The summed E-state index contributed by atoms with van der Waals surface area (Å²) in [7, 11) is 0. The number of nitrogens with zero attached hydrogens (tertiary/aromatic N) is 3. The number of morpholine rings is 1. The number of benzene rings is 1. The summed E-state index contributed by atoms with van der Waals surface area (Å²) in [6.07, 6.45) is -3.03. The van der Waals surface area contributed by atoms with Crippen LogP contribution >= 0.6 is 0 Å². The molecule has 1 unspecified atom stereocenters. The molecule has 7 nitrogen and oxygen atoms in total. The molecule has 1 atom stereocenters. The number of carbonyl (C=O) groups is 2. The van der Waals surface area contributed by atoms with Crippen molar-refractivity contribution in [3.05, 3.63) is 48.2 Å². The number of hydrogen-bond acceptors (Lipinski definition) is 5. The molecule has 0 spiro atoms. The van der Waals surface area contributed by atoms with Gasteiger partial charge in [0.15, 0.2) is 0 Å². The molecule has 10 heteroatoms. The minimum absolute atomic E-state index is 0.0191. The van der Waals surface area contributed by atoms with E-state index in [0.29, 0.717) is 18.9 Å². The average molecular weight is 434 g/mol. The highest BCUT2D eigenvalue weighted by molar-refractivity contribution is 6.03. The SMILES string of the molecule is O=C(Nc1ccc(N2CCOCC2)nc1)C1CC(=O)N(c2cccc(C(F)(F)F)c2)C1. The number of halogens is 3. The minimum atomic E-state index is -4.50. The predicted molar refractivity (Wildman–Crippen MR) is 108 cm³/mol. The maximum absolute atomic E-state index is 13.0. The fraction of sp³-hybridized carbons (Fsp3) is 0.381. The zero-order chi connectivity index (χ0) is 22.0. The molecule has 2 fully saturated rings. The van der Waals surface area contributed by atoms with E-state index in [-0.39, 0.29) is 30.5 Å². The van der Waals surface area contributed by atoms with Crippen LogP contribution in [0.1, 0.15) is 12.0 Å². The van der Waals surface area contributed by atoms with Gasteiger partial charge in [-0.2, -0.15) is 13.2 Å². The molecule has 3 heterocycles. The number of hydrogen-bond donors (Lipinski definition) is 1. The molecule has 1 aromatic heterocycles. The highest BCUT2D eigenvalue weighted by Gasteiger charge is 2.37. The largest absolute Gasteiger partial charge is 0.416 e. The van der Waals surface area contributed by atoms with Crippen molar-refractivity contribution in [1.82, 2.24) is 4.98 Å². The Labute approximate surface area is 176 Å². The first kappa shape index (κ1) is 21.1. The number of rotatable bonds is 4. The van der Waals surface area contributed by atoms with Gasteiger partial charge in [0.25, 0.3) is 0 Å². The second kappa shape index (κ2) is 8.54. The van der Waals surface area contributed by atoms with Crippen molar-refractivity contribution in [1.29, 1.82) is 0 Å². The molecule has 0 bridgehead atoms. The monoisotopic (exact) mass is 434 g/mol. The van der Waals surface area contributed by atoms with Gasteiger partial charge in [0.05, 0.1) is 36.6 Å². The van der Waals surface area contributed by atoms with E-state index >= 15 is 0 Å². The molecule has 2 amide bonds. The number of nitrogens with one attached hydrogen (secondary N) is 1. The van der Waals surface area contributed by atoms with E-state index in [2.05, 4.69) is 15.2 Å². The molecule has 1 N–H and O–H groups in total. The Morgan fingerprint density at radius 3 is 2.61 bits per heavy atom. The zero-order valence-electron chi connectivity index (χ0n) is 16.6. The Morgan fingerprint density at radius 2 is 1.94 bits per heavy atom. The molecule has 0 radical (unpaired) electrons. The van der Waals surface area contributed by atoms with Crippen LogP contribution in [0.25, 0.3) is 0 Å². The fourth-order valence-corrected chi connectivity index (χ4v) is 3.67. The second-order valence-corrected chi connectivity index (χ2v) is 7.45.